The van der Waals surface area contributed by atoms with Crippen LogP contribution in [0.1, 0.15) is 44.9 Å². The van der Waals surface area contributed by atoms with Crippen LogP contribution in [0.5, 0.6) is 0 Å². The number of likely N-dealkylation sites (tertiary alicyclic amines) is 1. The Balaban J connectivity index is 1.33. The highest BCUT2D eigenvalue weighted by molar-refractivity contribution is 5.80. The number of rotatable bonds is 1. The van der Waals surface area contributed by atoms with Gasteiger partial charge >= 0.3 is 0 Å². The molecule has 2 saturated heterocycles. The topological polar surface area (TPSA) is 32.3 Å². The maximum atomic E-state index is 13.2. The number of amides is 1. The first-order chi connectivity index (χ1) is 10.2. The van der Waals surface area contributed by atoms with Gasteiger partial charge in [-0.25, -0.2) is 0 Å². The molecule has 1 amide bonds. The molecule has 4 saturated carbocycles. The minimum absolute atomic E-state index is 0.405. The van der Waals surface area contributed by atoms with E-state index in [-0.39, 0.29) is 0 Å². The van der Waals surface area contributed by atoms with Crippen LogP contribution in [0, 0.1) is 35.0 Å². The van der Waals surface area contributed by atoms with Gasteiger partial charge in [0.25, 0.3) is 0 Å². The Morgan fingerprint density at radius 1 is 1.00 bits per heavy atom. The zero-order valence-electron chi connectivity index (χ0n) is 13.0. The van der Waals surface area contributed by atoms with Gasteiger partial charge in [-0.1, -0.05) is 0 Å². The van der Waals surface area contributed by atoms with Gasteiger partial charge in [-0.15, -0.1) is 0 Å². The molecule has 0 aromatic rings. The summed E-state index contributed by atoms with van der Waals surface area (Å²) in [7, 11) is 0. The zero-order chi connectivity index (χ0) is 14.0. The Hall–Kier alpha value is -0.570. The molecule has 1 N–H and O–H groups in total. The van der Waals surface area contributed by atoms with Crippen LogP contribution < -0.4 is 5.32 Å². The molecule has 1 spiro atoms. The molecule has 6 fully saturated rings. The average molecular weight is 288 g/mol. The Labute approximate surface area is 127 Å². The van der Waals surface area contributed by atoms with Gasteiger partial charge in [-0.3, -0.25) is 4.79 Å². The third-order valence-electron chi connectivity index (χ3n) is 7.59. The molecule has 3 nitrogen and oxygen atoms in total. The number of hydrogen-bond donors (Lipinski definition) is 1. The summed E-state index contributed by atoms with van der Waals surface area (Å²) in [6.45, 7) is 4.36. The number of carbonyl (C=O) groups is 1. The molecule has 0 aromatic heterocycles. The van der Waals surface area contributed by atoms with Crippen LogP contribution in [-0.4, -0.2) is 37.0 Å². The van der Waals surface area contributed by atoms with Gasteiger partial charge in [-0.05, 0) is 75.2 Å². The van der Waals surface area contributed by atoms with Gasteiger partial charge < -0.3 is 10.2 Å². The molecule has 3 heteroatoms. The minimum atomic E-state index is 0.405. The summed E-state index contributed by atoms with van der Waals surface area (Å²) < 4.78 is 0. The Bertz CT molecular complexity index is 426. The highest BCUT2D eigenvalue weighted by atomic mass is 16.2. The molecule has 21 heavy (non-hydrogen) atoms. The largest absolute Gasteiger partial charge is 0.342 e. The van der Waals surface area contributed by atoms with Crippen molar-refractivity contribution in [3.8, 4) is 0 Å². The van der Waals surface area contributed by atoms with E-state index >= 15 is 0 Å². The predicted molar refractivity (Wildman–Crippen MR) is 81.7 cm³/mol. The van der Waals surface area contributed by atoms with Crippen LogP contribution in [-0.2, 0) is 4.79 Å². The second kappa shape index (κ2) is 4.47. The summed E-state index contributed by atoms with van der Waals surface area (Å²) in [6.07, 6.45) is 9.45. The van der Waals surface area contributed by atoms with E-state index in [0.717, 1.165) is 49.9 Å². The van der Waals surface area contributed by atoms with E-state index in [1.165, 1.54) is 44.9 Å². The molecular formula is C18H28N2O. The number of nitrogens with one attached hydrogen (secondary N) is 1. The van der Waals surface area contributed by atoms with Crippen LogP contribution >= 0.6 is 0 Å². The Morgan fingerprint density at radius 2 is 1.71 bits per heavy atom. The highest BCUT2D eigenvalue weighted by Gasteiger charge is 2.53. The van der Waals surface area contributed by atoms with Crippen LogP contribution in [0.3, 0.4) is 0 Å². The van der Waals surface area contributed by atoms with Crippen LogP contribution in [0.4, 0.5) is 0 Å². The first kappa shape index (κ1) is 12.9. The lowest BCUT2D eigenvalue weighted by Gasteiger charge is -2.54. The molecule has 6 aliphatic rings. The van der Waals surface area contributed by atoms with E-state index in [0.29, 0.717) is 17.2 Å². The van der Waals surface area contributed by atoms with Gasteiger partial charge in [0.15, 0.2) is 0 Å². The molecule has 2 aliphatic heterocycles. The number of carbonyl (C=O) groups excluding carboxylic acids is 1. The van der Waals surface area contributed by atoms with E-state index in [9.17, 15) is 4.79 Å². The van der Waals surface area contributed by atoms with Gasteiger partial charge in [0.05, 0.1) is 0 Å². The monoisotopic (exact) mass is 288 g/mol. The second-order valence-corrected chi connectivity index (χ2v) is 8.89. The van der Waals surface area contributed by atoms with Crippen molar-refractivity contribution < 1.29 is 4.79 Å². The molecule has 1 unspecified atom stereocenters. The van der Waals surface area contributed by atoms with Crippen molar-refractivity contribution in [3.63, 3.8) is 0 Å². The summed E-state index contributed by atoms with van der Waals surface area (Å²) in [5.74, 6) is 4.38. The van der Waals surface area contributed by atoms with Crippen LogP contribution in [0.25, 0.3) is 0 Å². The first-order valence-corrected chi connectivity index (χ1v) is 9.22. The summed E-state index contributed by atoms with van der Waals surface area (Å²) in [4.78, 5) is 15.4. The standard InChI is InChI=1S/C18H28N2O/c21-17(20-4-2-18(11-20)1-3-19-10-18)16-14-6-12-5-13(8-14)9-15(16)7-12/h12-16,19H,1-11H2. The van der Waals surface area contributed by atoms with Gasteiger partial charge in [0.2, 0.25) is 5.91 Å². The second-order valence-electron chi connectivity index (χ2n) is 8.89. The van der Waals surface area contributed by atoms with Gasteiger partial charge in [-0.2, -0.15) is 0 Å². The van der Waals surface area contributed by atoms with Crippen molar-refractivity contribution >= 4 is 5.91 Å². The summed E-state index contributed by atoms with van der Waals surface area (Å²) in [5, 5.41) is 3.51. The summed E-state index contributed by atoms with van der Waals surface area (Å²) in [6, 6.07) is 0. The predicted octanol–water partition coefficient (Wildman–Crippen LogP) is 2.27. The van der Waals surface area contributed by atoms with Crippen molar-refractivity contribution in [3.05, 3.63) is 0 Å². The summed E-state index contributed by atoms with van der Waals surface area (Å²) >= 11 is 0. The maximum Gasteiger partial charge on any atom is 0.226 e. The molecule has 6 rings (SSSR count). The zero-order valence-corrected chi connectivity index (χ0v) is 13.0. The van der Waals surface area contributed by atoms with E-state index in [4.69, 9.17) is 0 Å². The molecule has 2 heterocycles. The third-order valence-corrected chi connectivity index (χ3v) is 7.59. The molecule has 116 valence electrons. The fourth-order valence-electron chi connectivity index (χ4n) is 6.81. The van der Waals surface area contributed by atoms with Crippen molar-refractivity contribution in [2.24, 2.45) is 35.0 Å². The lowest BCUT2D eigenvalue weighted by atomic mass is 9.51. The minimum Gasteiger partial charge on any atom is -0.342 e. The highest BCUT2D eigenvalue weighted by Crippen LogP contribution is 2.57. The fraction of sp³-hybridized carbons (Fsp3) is 0.944. The van der Waals surface area contributed by atoms with Crippen molar-refractivity contribution in [1.82, 2.24) is 10.2 Å². The molecule has 0 aromatic carbocycles. The first-order valence-electron chi connectivity index (χ1n) is 9.22. The number of hydrogen-bond acceptors (Lipinski definition) is 2. The van der Waals surface area contributed by atoms with E-state index in [1.54, 1.807) is 0 Å². The van der Waals surface area contributed by atoms with E-state index in [2.05, 4.69) is 10.2 Å². The molecule has 4 aliphatic carbocycles. The normalized spacial score (nSPS) is 51.2. The molecule has 1 atom stereocenters. The van der Waals surface area contributed by atoms with Crippen molar-refractivity contribution in [1.29, 1.82) is 0 Å². The Kier molecular flexibility index (Phi) is 2.75. The van der Waals surface area contributed by atoms with E-state index in [1.807, 2.05) is 0 Å². The SMILES string of the molecule is O=C(C1C2CC3CC(C2)CC1C3)N1CCC2(CCNC2)C1. The fourth-order valence-corrected chi connectivity index (χ4v) is 6.81. The number of nitrogens with zero attached hydrogens (tertiary/aromatic N) is 1. The van der Waals surface area contributed by atoms with Crippen LogP contribution in [0.15, 0.2) is 0 Å². The lowest BCUT2D eigenvalue weighted by molar-refractivity contribution is -0.148. The van der Waals surface area contributed by atoms with Gasteiger partial charge in [0.1, 0.15) is 0 Å². The average Bonchev–Trinajstić information content (AvgIpc) is 3.08. The van der Waals surface area contributed by atoms with Gasteiger partial charge in [0, 0.05) is 31.0 Å². The van der Waals surface area contributed by atoms with Crippen LogP contribution in [0.2, 0.25) is 0 Å². The van der Waals surface area contributed by atoms with Crippen molar-refractivity contribution in [2.45, 2.75) is 44.9 Å². The third kappa shape index (κ3) is 1.92. The Morgan fingerprint density at radius 3 is 2.33 bits per heavy atom. The quantitative estimate of drug-likeness (QED) is 0.803. The van der Waals surface area contributed by atoms with Crippen molar-refractivity contribution in [2.75, 3.05) is 26.2 Å². The smallest absolute Gasteiger partial charge is 0.226 e. The summed E-state index contributed by atoms with van der Waals surface area (Å²) in [5.41, 5.74) is 0.432. The maximum absolute atomic E-state index is 13.2. The lowest BCUT2D eigenvalue weighted by Crippen LogP contribution is -2.51. The van der Waals surface area contributed by atoms with E-state index < -0.39 is 0 Å². The molecule has 4 bridgehead atoms. The molecular weight excluding hydrogens is 260 g/mol. The molecule has 0 radical (unpaired) electrons.